The highest BCUT2D eigenvalue weighted by Gasteiger charge is 2.36. The summed E-state index contributed by atoms with van der Waals surface area (Å²) in [6, 6.07) is 48.1. The van der Waals surface area contributed by atoms with Crippen molar-refractivity contribution in [3.05, 3.63) is 160 Å². The molecule has 0 heterocycles. The molecule has 0 saturated heterocycles. The molecule has 0 bridgehead atoms. The Morgan fingerprint density at radius 1 is 0.500 bits per heavy atom. The molecule has 62 heavy (non-hydrogen) atoms. The zero-order valence-corrected chi connectivity index (χ0v) is 40.2. The van der Waals surface area contributed by atoms with E-state index in [9.17, 15) is 0 Å². The van der Waals surface area contributed by atoms with Gasteiger partial charge in [-0.2, -0.15) is 0 Å². The van der Waals surface area contributed by atoms with E-state index in [1.165, 1.54) is 121 Å². The Kier molecular flexibility index (Phi) is 12.0. The van der Waals surface area contributed by atoms with Gasteiger partial charge in [0, 0.05) is 22.5 Å². The van der Waals surface area contributed by atoms with Crippen LogP contribution in [0.5, 0.6) is 0 Å². The lowest BCUT2D eigenvalue weighted by Gasteiger charge is -2.31. The quantitative estimate of drug-likeness (QED) is 0.133. The lowest BCUT2D eigenvalue weighted by Crippen LogP contribution is -2.17. The average Bonchev–Trinajstić information content (AvgIpc) is 3.45. The summed E-state index contributed by atoms with van der Waals surface area (Å²) in [5.74, 6) is 1.87. The predicted molar refractivity (Wildman–Crippen MR) is 270 cm³/mol. The van der Waals surface area contributed by atoms with E-state index < -0.39 is 0 Å². The minimum Gasteiger partial charge on any atom is -0.310 e. The van der Waals surface area contributed by atoms with Gasteiger partial charge in [-0.15, -0.1) is 0 Å². The van der Waals surface area contributed by atoms with E-state index in [2.05, 4.69) is 209 Å². The third kappa shape index (κ3) is 9.11. The highest BCUT2D eigenvalue weighted by molar-refractivity contribution is 5.87. The molecule has 1 saturated carbocycles. The number of nitrogens with zero attached hydrogens (tertiary/aromatic N) is 1. The van der Waals surface area contributed by atoms with E-state index in [0.717, 1.165) is 12.8 Å². The molecular formula is C61H73N. The number of hydrogen-bond donors (Lipinski definition) is 0. The highest BCUT2D eigenvalue weighted by Crippen LogP contribution is 2.51. The summed E-state index contributed by atoms with van der Waals surface area (Å²) in [5, 5.41) is 0. The molecule has 0 atom stereocenters. The van der Waals surface area contributed by atoms with Gasteiger partial charge in [-0.1, -0.05) is 181 Å². The van der Waals surface area contributed by atoms with Crippen molar-refractivity contribution in [2.45, 2.75) is 150 Å². The molecule has 1 fully saturated rings. The van der Waals surface area contributed by atoms with Gasteiger partial charge in [0.05, 0.1) is 0 Å². The first-order valence-electron chi connectivity index (χ1n) is 23.9. The van der Waals surface area contributed by atoms with Gasteiger partial charge in [0.2, 0.25) is 0 Å². The van der Waals surface area contributed by atoms with Crippen LogP contribution in [-0.2, 0) is 29.1 Å². The van der Waals surface area contributed by atoms with Gasteiger partial charge in [-0.3, -0.25) is 0 Å². The van der Waals surface area contributed by atoms with E-state index in [1.807, 2.05) is 0 Å². The topological polar surface area (TPSA) is 3.24 Å². The Hall–Kier alpha value is -4.88. The van der Waals surface area contributed by atoms with Crippen molar-refractivity contribution in [3.8, 4) is 33.4 Å². The fourth-order valence-electron chi connectivity index (χ4n) is 10.5. The maximum Gasteiger partial charge on any atom is 0.0470 e. The molecule has 1 heteroatoms. The predicted octanol–water partition coefficient (Wildman–Crippen LogP) is 17.8. The van der Waals surface area contributed by atoms with Crippen molar-refractivity contribution in [2.75, 3.05) is 4.90 Å². The Bertz CT molecular complexity index is 2510. The smallest absolute Gasteiger partial charge is 0.0470 e. The van der Waals surface area contributed by atoms with Gasteiger partial charge in [0.1, 0.15) is 0 Å². The lowest BCUT2D eigenvalue weighted by molar-refractivity contribution is 0.443. The minimum absolute atomic E-state index is 0.0214. The van der Waals surface area contributed by atoms with Crippen molar-refractivity contribution in [1.82, 2.24) is 0 Å². The number of rotatable bonds is 10. The lowest BCUT2D eigenvalue weighted by atomic mass is 9.81. The Morgan fingerprint density at radius 2 is 1.02 bits per heavy atom. The third-order valence-electron chi connectivity index (χ3n) is 13.9. The molecule has 6 aromatic rings. The summed E-state index contributed by atoms with van der Waals surface area (Å²) in [5.41, 5.74) is 21.2. The van der Waals surface area contributed by atoms with Crippen molar-refractivity contribution in [1.29, 1.82) is 0 Å². The van der Waals surface area contributed by atoms with E-state index in [1.54, 1.807) is 0 Å². The van der Waals surface area contributed by atoms with E-state index >= 15 is 0 Å². The van der Waals surface area contributed by atoms with Crippen LogP contribution in [0.4, 0.5) is 17.1 Å². The van der Waals surface area contributed by atoms with Crippen LogP contribution in [-0.4, -0.2) is 0 Å². The second kappa shape index (κ2) is 17.0. The van der Waals surface area contributed by atoms with Gasteiger partial charge >= 0.3 is 0 Å². The fraction of sp³-hybridized carbons (Fsp3) is 0.410. The highest BCUT2D eigenvalue weighted by atomic mass is 15.1. The summed E-state index contributed by atoms with van der Waals surface area (Å²) in [6.45, 7) is 28.3. The van der Waals surface area contributed by atoms with Gasteiger partial charge in [-0.25, -0.2) is 0 Å². The third-order valence-corrected chi connectivity index (χ3v) is 13.9. The van der Waals surface area contributed by atoms with Crippen molar-refractivity contribution in [3.63, 3.8) is 0 Å². The fourth-order valence-corrected chi connectivity index (χ4v) is 10.5. The summed E-state index contributed by atoms with van der Waals surface area (Å²) >= 11 is 0. The maximum absolute atomic E-state index is 2.55. The molecule has 0 aromatic heterocycles. The van der Waals surface area contributed by atoms with E-state index in [-0.39, 0.29) is 16.2 Å². The molecule has 2 aliphatic rings. The minimum atomic E-state index is -0.0951. The maximum atomic E-state index is 2.55. The SMILES string of the molecule is CC(C)Cc1cc(CC(C)C)cc(-c2cc(-c3cc(N(c4ccc(C5CCCCC5)cc4)c4ccc5c(c4)C(C)(C)c4ccccc4-5)cc(C(C)(C)C)c3)cc(C(C)(C)C)c2)c1. The zero-order chi connectivity index (χ0) is 44.1. The molecule has 0 spiro atoms. The van der Waals surface area contributed by atoms with Crippen molar-refractivity contribution >= 4 is 17.1 Å². The molecule has 1 nitrogen and oxygen atoms in total. The van der Waals surface area contributed by atoms with Crippen LogP contribution in [0.2, 0.25) is 0 Å². The number of fused-ring (bicyclic) bond motifs is 3. The van der Waals surface area contributed by atoms with Gasteiger partial charge in [0.25, 0.3) is 0 Å². The largest absolute Gasteiger partial charge is 0.310 e. The molecule has 0 amide bonds. The van der Waals surface area contributed by atoms with Crippen LogP contribution >= 0.6 is 0 Å². The van der Waals surface area contributed by atoms with Crippen molar-refractivity contribution < 1.29 is 0 Å². The van der Waals surface area contributed by atoms with Crippen LogP contribution in [0, 0.1) is 11.8 Å². The van der Waals surface area contributed by atoms with Crippen LogP contribution in [0.1, 0.15) is 160 Å². The molecule has 322 valence electrons. The Morgan fingerprint density at radius 3 is 1.60 bits per heavy atom. The molecule has 8 rings (SSSR count). The monoisotopic (exact) mass is 820 g/mol. The summed E-state index contributed by atoms with van der Waals surface area (Å²) in [6.07, 6.45) is 8.84. The molecular weight excluding hydrogens is 747 g/mol. The standard InChI is InChI=1S/C61H73N/c1-40(2)28-42-30-43(29-41(3)4)32-46(31-42)47-33-48(35-50(34-47)59(5,6)7)49-36-51(60(8,9)10)38-54(37-49)62(52-24-22-45(23-25-52)44-18-14-13-15-19-44)53-26-27-56-55-20-16-17-21-57(55)61(11,12)58(56)39-53/h16-17,20-27,30-41,44H,13-15,18-19,28-29H2,1-12H3. The van der Waals surface area contributed by atoms with Crippen LogP contribution in [0.25, 0.3) is 33.4 Å². The summed E-state index contributed by atoms with van der Waals surface area (Å²) < 4.78 is 0. The average molecular weight is 820 g/mol. The van der Waals surface area contributed by atoms with Crippen LogP contribution < -0.4 is 4.90 Å². The first-order chi connectivity index (χ1) is 29.3. The zero-order valence-electron chi connectivity index (χ0n) is 40.2. The van der Waals surface area contributed by atoms with Gasteiger partial charge in [-0.05, 0) is 169 Å². The van der Waals surface area contributed by atoms with E-state index in [4.69, 9.17) is 0 Å². The molecule has 0 aliphatic heterocycles. The normalized spacial score (nSPS) is 15.3. The van der Waals surface area contributed by atoms with Crippen LogP contribution in [0.15, 0.2) is 121 Å². The molecule has 0 N–H and O–H groups in total. The van der Waals surface area contributed by atoms with Crippen molar-refractivity contribution in [2.24, 2.45) is 11.8 Å². The van der Waals surface area contributed by atoms with Gasteiger partial charge < -0.3 is 4.90 Å². The number of anilines is 3. The first kappa shape index (κ1) is 43.8. The summed E-state index contributed by atoms with van der Waals surface area (Å²) in [7, 11) is 0. The molecule has 6 aromatic carbocycles. The Labute approximate surface area is 376 Å². The second-order valence-electron chi connectivity index (χ2n) is 22.5. The first-order valence-corrected chi connectivity index (χ1v) is 23.9. The molecule has 0 unspecified atom stereocenters. The summed E-state index contributed by atoms with van der Waals surface area (Å²) in [4.78, 5) is 2.55. The number of hydrogen-bond acceptors (Lipinski definition) is 1. The second-order valence-corrected chi connectivity index (χ2v) is 22.5. The molecule has 2 aliphatic carbocycles. The van der Waals surface area contributed by atoms with Gasteiger partial charge in [0.15, 0.2) is 0 Å². The number of benzene rings is 6. The van der Waals surface area contributed by atoms with E-state index in [0.29, 0.717) is 17.8 Å². The van der Waals surface area contributed by atoms with Crippen LogP contribution in [0.3, 0.4) is 0 Å². The Balaban J connectivity index is 1.33. The molecule has 0 radical (unpaired) electrons.